The van der Waals surface area contributed by atoms with Gasteiger partial charge in [0, 0.05) is 12.6 Å². The number of amides is 2. The summed E-state index contributed by atoms with van der Waals surface area (Å²) in [6.07, 6.45) is 12.2. The lowest BCUT2D eigenvalue weighted by Crippen LogP contribution is -2.46. The van der Waals surface area contributed by atoms with Crippen molar-refractivity contribution in [3.63, 3.8) is 0 Å². The maximum atomic E-state index is 12.0. The van der Waals surface area contributed by atoms with E-state index in [2.05, 4.69) is 24.5 Å². The first-order valence-corrected chi connectivity index (χ1v) is 9.77. The lowest BCUT2D eigenvalue weighted by molar-refractivity contribution is -0.131. The van der Waals surface area contributed by atoms with Gasteiger partial charge in [0.05, 0.1) is 0 Å². The van der Waals surface area contributed by atoms with Gasteiger partial charge in [-0.15, -0.1) is 0 Å². The molecule has 0 fully saturated rings. The smallest absolute Gasteiger partial charge is 0.328 e. The molecule has 0 saturated heterocycles. The molecule has 0 bridgehead atoms. The molecule has 0 rings (SSSR count). The second-order valence-electron chi connectivity index (χ2n) is 6.02. The Balaban J connectivity index is 0. The van der Waals surface area contributed by atoms with Crippen LogP contribution in [-0.2, 0) is 14.4 Å². The van der Waals surface area contributed by atoms with Gasteiger partial charge in [0.15, 0.2) is 0 Å². The van der Waals surface area contributed by atoms with Gasteiger partial charge in [-0.1, -0.05) is 52.2 Å². The van der Waals surface area contributed by atoms with Crippen LogP contribution in [-0.4, -0.2) is 42.0 Å². The van der Waals surface area contributed by atoms with Crippen LogP contribution in [0.2, 0.25) is 0 Å². The fourth-order valence-electron chi connectivity index (χ4n) is 1.92. The molecule has 27 heavy (non-hydrogen) atoms. The number of hydrogen-bond acceptors (Lipinski definition) is 4. The Morgan fingerprint density at radius 2 is 1.67 bits per heavy atom. The number of carbonyl (C=O) groups is 3. The number of unbranched alkanes of at least 4 members (excludes halogenated alkanes) is 3. The molecule has 0 aliphatic rings. The van der Waals surface area contributed by atoms with E-state index in [9.17, 15) is 14.4 Å². The summed E-state index contributed by atoms with van der Waals surface area (Å²) in [6, 6.07) is -0.606. The summed E-state index contributed by atoms with van der Waals surface area (Å²) in [4.78, 5) is 34.1. The third-order valence-electron chi connectivity index (χ3n) is 3.40. The van der Waals surface area contributed by atoms with Gasteiger partial charge in [-0.05, 0) is 38.3 Å². The Bertz CT molecular complexity index is 460. The van der Waals surface area contributed by atoms with E-state index in [-0.39, 0.29) is 18.4 Å². The van der Waals surface area contributed by atoms with Crippen molar-refractivity contribution in [1.82, 2.24) is 10.6 Å². The number of aliphatic carboxylic acids is 1. The summed E-state index contributed by atoms with van der Waals surface area (Å²) < 4.78 is 0. The van der Waals surface area contributed by atoms with Gasteiger partial charge in [-0.3, -0.25) is 9.59 Å². The van der Waals surface area contributed by atoms with Crippen LogP contribution in [0.3, 0.4) is 0 Å². The van der Waals surface area contributed by atoms with Crippen LogP contribution in [0, 0.1) is 0 Å². The van der Waals surface area contributed by atoms with E-state index in [1.807, 2.05) is 13.0 Å². The van der Waals surface area contributed by atoms with E-state index < -0.39 is 12.0 Å². The molecule has 0 aliphatic heterocycles. The first kappa shape index (κ1) is 27.1. The number of carboxylic acids is 1. The molecule has 7 heteroatoms. The quantitative estimate of drug-likeness (QED) is 0.288. The van der Waals surface area contributed by atoms with E-state index in [1.165, 1.54) is 12.2 Å². The van der Waals surface area contributed by atoms with Crippen molar-refractivity contribution in [1.29, 1.82) is 0 Å². The third-order valence-corrected chi connectivity index (χ3v) is 3.40. The Morgan fingerprint density at radius 3 is 2.19 bits per heavy atom. The molecule has 0 spiro atoms. The molecule has 0 saturated carbocycles. The summed E-state index contributed by atoms with van der Waals surface area (Å²) in [5.41, 5.74) is 5.03. The number of allylic oxidation sites excluding steroid dienone is 1. The van der Waals surface area contributed by atoms with E-state index >= 15 is 0 Å². The Labute approximate surface area is 163 Å². The van der Waals surface area contributed by atoms with Crippen molar-refractivity contribution < 1.29 is 19.5 Å². The summed E-state index contributed by atoms with van der Waals surface area (Å²) in [7, 11) is 0. The first-order chi connectivity index (χ1) is 12.9. The van der Waals surface area contributed by atoms with Crippen LogP contribution in [0.25, 0.3) is 0 Å². The van der Waals surface area contributed by atoms with E-state index in [4.69, 9.17) is 10.8 Å². The normalized spacial score (nSPS) is 11.7. The van der Waals surface area contributed by atoms with Gasteiger partial charge >= 0.3 is 5.97 Å². The number of nitrogens with two attached hydrogens (primary N) is 1. The van der Waals surface area contributed by atoms with Crippen LogP contribution in [0.4, 0.5) is 0 Å². The molecule has 0 aliphatic carbocycles. The van der Waals surface area contributed by atoms with Gasteiger partial charge in [-0.25, -0.2) is 4.79 Å². The zero-order chi connectivity index (χ0) is 20.9. The number of rotatable bonds is 13. The van der Waals surface area contributed by atoms with Crippen molar-refractivity contribution in [2.24, 2.45) is 5.73 Å². The average Bonchev–Trinajstić information content (AvgIpc) is 2.64. The lowest BCUT2D eigenvalue weighted by Gasteiger charge is -2.16. The molecule has 0 heterocycles. The van der Waals surface area contributed by atoms with Crippen molar-refractivity contribution in [2.45, 2.75) is 71.8 Å². The largest absolute Gasteiger partial charge is 0.478 e. The average molecular weight is 384 g/mol. The lowest BCUT2D eigenvalue weighted by atomic mass is 10.1. The molecule has 0 aromatic heterocycles. The maximum Gasteiger partial charge on any atom is 0.328 e. The molecule has 7 nitrogen and oxygen atoms in total. The van der Waals surface area contributed by atoms with Crippen molar-refractivity contribution in [3.05, 3.63) is 24.3 Å². The van der Waals surface area contributed by atoms with Crippen molar-refractivity contribution in [3.8, 4) is 0 Å². The zero-order valence-corrected chi connectivity index (χ0v) is 17.0. The van der Waals surface area contributed by atoms with E-state index in [0.29, 0.717) is 6.42 Å². The second-order valence-corrected chi connectivity index (χ2v) is 6.02. The minimum Gasteiger partial charge on any atom is -0.478 e. The fourth-order valence-corrected chi connectivity index (χ4v) is 1.92. The molecule has 156 valence electrons. The summed E-state index contributed by atoms with van der Waals surface area (Å²) in [6.45, 7) is 7.04. The van der Waals surface area contributed by atoms with Gasteiger partial charge < -0.3 is 21.5 Å². The summed E-state index contributed by atoms with van der Waals surface area (Å²) >= 11 is 0. The second kappa shape index (κ2) is 20.2. The Morgan fingerprint density at radius 1 is 1.00 bits per heavy atom. The topological polar surface area (TPSA) is 122 Å². The number of nitrogens with one attached hydrogen (secondary N) is 2. The van der Waals surface area contributed by atoms with Gasteiger partial charge in [-0.2, -0.15) is 0 Å². The standard InChI is InChI=1S/C17H28N2O4.C3H9N/c1-3-5-6-7-8-11-15(20)19-14(10-4-2)17(23)18-13-9-12-16(21)22;1-2-3-4/h8-9,11-12,14H,3-7,10,13H2,1-2H3,(H,18,23)(H,19,20)(H,21,22);2-4H2,1H3/b11-8+,12-9+;. The number of carboxylic acid groups (broad SMARTS) is 1. The van der Waals surface area contributed by atoms with E-state index in [0.717, 1.165) is 51.1 Å². The molecule has 0 aromatic rings. The minimum atomic E-state index is -1.06. The third kappa shape index (κ3) is 20.0. The Hall–Kier alpha value is -2.15. The van der Waals surface area contributed by atoms with E-state index in [1.54, 1.807) is 0 Å². The maximum absolute atomic E-state index is 12.0. The van der Waals surface area contributed by atoms with Crippen LogP contribution < -0.4 is 16.4 Å². The SMILES string of the molecule is CCCCC/C=C/C(=O)NC(CCC)C(=O)NC/C=C/C(=O)O.CCCN. The molecule has 2 amide bonds. The highest BCUT2D eigenvalue weighted by Crippen LogP contribution is 2.00. The molecule has 0 aromatic carbocycles. The van der Waals surface area contributed by atoms with Crippen LogP contribution in [0.15, 0.2) is 24.3 Å². The van der Waals surface area contributed by atoms with Gasteiger partial charge in [0.2, 0.25) is 11.8 Å². The predicted octanol–water partition coefficient (Wildman–Crippen LogP) is 2.52. The molecular weight excluding hydrogens is 346 g/mol. The highest BCUT2D eigenvalue weighted by Gasteiger charge is 2.17. The summed E-state index contributed by atoms with van der Waals surface area (Å²) in [5, 5.41) is 13.7. The van der Waals surface area contributed by atoms with Crippen molar-refractivity contribution in [2.75, 3.05) is 13.1 Å². The van der Waals surface area contributed by atoms with Gasteiger partial charge in [0.25, 0.3) is 0 Å². The number of hydrogen-bond donors (Lipinski definition) is 4. The van der Waals surface area contributed by atoms with Crippen LogP contribution in [0.1, 0.15) is 65.7 Å². The highest BCUT2D eigenvalue weighted by molar-refractivity contribution is 5.92. The monoisotopic (exact) mass is 383 g/mol. The molecule has 1 unspecified atom stereocenters. The fraction of sp³-hybridized carbons (Fsp3) is 0.650. The van der Waals surface area contributed by atoms with Crippen molar-refractivity contribution >= 4 is 17.8 Å². The van der Waals surface area contributed by atoms with Gasteiger partial charge in [0.1, 0.15) is 6.04 Å². The molecular formula is C20H37N3O4. The minimum absolute atomic E-state index is 0.119. The molecule has 5 N–H and O–H groups in total. The highest BCUT2D eigenvalue weighted by atomic mass is 16.4. The first-order valence-electron chi connectivity index (χ1n) is 9.77. The number of carbonyl (C=O) groups excluding carboxylic acids is 2. The molecule has 1 atom stereocenters. The Kier molecular flexibility index (Phi) is 20.2. The summed E-state index contributed by atoms with van der Waals surface area (Å²) in [5.74, 6) is -1.66. The van der Waals surface area contributed by atoms with Crippen LogP contribution >= 0.6 is 0 Å². The predicted molar refractivity (Wildman–Crippen MR) is 109 cm³/mol. The zero-order valence-electron chi connectivity index (χ0n) is 17.0. The molecule has 0 radical (unpaired) electrons. The van der Waals surface area contributed by atoms with Crippen LogP contribution in [0.5, 0.6) is 0 Å².